The predicted octanol–water partition coefficient (Wildman–Crippen LogP) is 7.51. The highest BCUT2D eigenvalue weighted by molar-refractivity contribution is 7.21. The molecule has 3 nitrogen and oxygen atoms in total. The van der Waals surface area contributed by atoms with Gasteiger partial charge in [-0.2, -0.15) is 0 Å². The van der Waals surface area contributed by atoms with Gasteiger partial charge in [0.25, 0.3) is 0 Å². The average molecular weight is 463 g/mol. The van der Waals surface area contributed by atoms with Crippen LogP contribution in [0.15, 0.2) is 45.8 Å². The third-order valence-electron chi connectivity index (χ3n) is 4.69. The fraction of sp³-hybridized carbons (Fsp3) is 0.273. The Balaban J connectivity index is 0.000000141. The van der Waals surface area contributed by atoms with E-state index in [1.165, 1.54) is 38.0 Å². The van der Waals surface area contributed by atoms with Crippen molar-refractivity contribution in [2.24, 2.45) is 0 Å². The molecule has 29 heavy (non-hydrogen) atoms. The van der Waals surface area contributed by atoms with E-state index in [4.69, 9.17) is 4.74 Å². The summed E-state index contributed by atoms with van der Waals surface area (Å²) in [6, 6.07) is 7.81. The van der Waals surface area contributed by atoms with E-state index in [1.807, 2.05) is 16.8 Å². The Morgan fingerprint density at radius 3 is 2.07 bits per heavy atom. The molecule has 0 aromatic carbocycles. The molecular weight excluding hydrogens is 441 g/mol. The Labute approximate surface area is 186 Å². The number of fused-ring (bicyclic) bond motifs is 3. The SMILES string of the molecule is CC(C)(O)c1ccsc1-c1sccc1O.CC1(C)Oc2ccsc2-c2sccc21. The van der Waals surface area contributed by atoms with Crippen molar-refractivity contribution in [3.05, 3.63) is 56.9 Å². The summed E-state index contributed by atoms with van der Waals surface area (Å²) < 4.78 is 5.96. The number of ether oxygens (including phenoxy) is 1. The molecule has 4 aromatic rings. The highest BCUT2D eigenvalue weighted by Gasteiger charge is 2.34. The lowest BCUT2D eigenvalue weighted by atomic mass is 9.96. The molecule has 0 bridgehead atoms. The zero-order valence-corrected chi connectivity index (χ0v) is 19.8. The van der Waals surface area contributed by atoms with Gasteiger partial charge in [-0.15, -0.1) is 45.3 Å². The molecule has 4 aromatic heterocycles. The Bertz CT molecular complexity index is 1120. The van der Waals surface area contributed by atoms with E-state index in [1.54, 1.807) is 42.6 Å². The van der Waals surface area contributed by atoms with E-state index in [-0.39, 0.29) is 11.4 Å². The van der Waals surface area contributed by atoms with Crippen LogP contribution in [0.5, 0.6) is 11.5 Å². The fourth-order valence-electron chi connectivity index (χ4n) is 3.27. The largest absolute Gasteiger partial charge is 0.506 e. The molecule has 2 N–H and O–H groups in total. The van der Waals surface area contributed by atoms with Gasteiger partial charge < -0.3 is 14.9 Å². The summed E-state index contributed by atoms with van der Waals surface area (Å²) in [5.74, 6) is 1.32. The maximum Gasteiger partial charge on any atom is 0.140 e. The number of aromatic hydroxyl groups is 1. The second kappa shape index (κ2) is 7.56. The highest BCUT2D eigenvalue weighted by atomic mass is 32.1. The first-order chi connectivity index (χ1) is 13.7. The monoisotopic (exact) mass is 462 g/mol. The maximum absolute atomic E-state index is 9.98. The van der Waals surface area contributed by atoms with Crippen LogP contribution in [0.2, 0.25) is 0 Å². The third-order valence-corrected chi connectivity index (χ3v) is 8.65. The predicted molar refractivity (Wildman–Crippen MR) is 126 cm³/mol. The van der Waals surface area contributed by atoms with Gasteiger partial charge in [-0.3, -0.25) is 0 Å². The Hall–Kier alpha value is -1.64. The van der Waals surface area contributed by atoms with Crippen LogP contribution in [0.3, 0.4) is 0 Å². The molecule has 7 heteroatoms. The first-order valence-electron chi connectivity index (χ1n) is 9.10. The average Bonchev–Trinajstić information content (AvgIpc) is 3.40. The number of hydrogen-bond donors (Lipinski definition) is 2. The van der Waals surface area contributed by atoms with Crippen molar-refractivity contribution in [3.8, 4) is 31.0 Å². The minimum atomic E-state index is -0.869. The van der Waals surface area contributed by atoms with Crippen LogP contribution in [-0.4, -0.2) is 10.2 Å². The van der Waals surface area contributed by atoms with Gasteiger partial charge >= 0.3 is 0 Å². The lowest BCUT2D eigenvalue weighted by Gasteiger charge is -2.31. The molecule has 152 valence electrons. The topological polar surface area (TPSA) is 49.7 Å². The van der Waals surface area contributed by atoms with Crippen molar-refractivity contribution < 1.29 is 14.9 Å². The summed E-state index contributed by atoms with van der Waals surface area (Å²) in [5, 5.41) is 27.6. The van der Waals surface area contributed by atoms with E-state index in [9.17, 15) is 10.2 Å². The molecule has 0 unspecified atom stereocenters. The van der Waals surface area contributed by atoms with Gasteiger partial charge in [-0.25, -0.2) is 0 Å². The molecule has 1 aliphatic rings. The summed E-state index contributed by atoms with van der Waals surface area (Å²) in [5.41, 5.74) is 1.14. The molecule has 0 saturated carbocycles. The van der Waals surface area contributed by atoms with E-state index in [2.05, 4.69) is 36.7 Å². The quantitative estimate of drug-likeness (QED) is 0.324. The van der Waals surface area contributed by atoms with Gasteiger partial charge in [0.05, 0.1) is 25.1 Å². The highest BCUT2D eigenvalue weighted by Crippen LogP contribution is 2.50. The van der Waals surface area contributed by atoms with Crippen molar-refractivity contribution in [1.29, 1.82) is 0 Å². The number of aliphatic hydroxyl groups is 1. The molecule has 0 radical (unpaired) electrons. The normalized spacial score (nSPS) is 14.4. The molecule has 0 atom stereocenters. The number of rotatable bonds is 2. The summed E-state index contributed by atoms with van der Waals surface area (Å²) in [6.45, 7) is 7.75. The summed E-state index contributed by atoms with van der Waals surface area (Å²) >= 11 is 6.59. The molecule has 0 spiro atoms. The van der Waals surface area contributed by atoms with Gasteiger partial charge in [0.1, 0.15) is 17.1 Å². The summed E-state index contributed by atoms with van der Waals surface area (Å²) in [7, 11) is 0. The van der Waals surface area contributed by atoms with Crippen LogP contribution in [0, 0.1) is 0 Å². The standard InChI is InChI=1S/C11H12O2S2.C11H10OS2/c1-11(2,13)7-3-5-14-9(7)10-8(12)4-6-15-10;1-11(2)7-3-5-13-9(7)10-8(12-11)4-6-14-10/h3-6,12-13H,1-2H3;3-6H,1-2H3. The van der Waals surface area contributed by atoms with Crippen LogP contribution in [0.4, 0.5) is 0 Å². The lowest BCUT2D eigenvalue weighted by molar-refractivity contribution is 0.0796. The molecule has 0 saturated heterocycles. The second-order valence-electron chi connectivity index (χ2n) is 7.75. The summed E-state index contributed by atoms with van der Waals surface area (Å²) in [4.78, 5) is 4.46. The molecule has 1 aliphatic heterocycles. The van der Waals surface area contributed by atoms with Crippen molar-refractivity contribution in [2.45, 2.75) is 38.9 Å². The third kappa shape index (κ3) is 3.90. The van der Waals surface area contributed by atoms with Crippen molar-refractivity contribution in [1.82, 2.24) is 0 Å². The van der Waals surface area contributed by atoms with E-state index in [0.29, 0.717) is 0 Å². The zero-order chi connectivity index (χ0) is 20.8. The first-order valence-corrected chi connectivity index (χ1v) is 12.6. The molecule has 0 fully saturated rings. The van der Waals surface area contributed by atoms with Crippen LogP contribution >= 0.6 is 45.3 Å². The molecule has 0 aliphatic carbocycles. The minimum absolute atomic E-state index is 0.177. The van der Waals surface area contributed by atoms with E-state index >= 15 is 0 Å². The van der Waals surface area contributed by atoms with Crippen molar-refractivity contribution in [3.63, 3.8) is 0 Å². The van der Waals surface area contributed by atoms with Gasteiger partial charge in [-0.1, -0.05) is 0 Å². The maximum atomic E-state index is 9.98. The van der Waals surface area contributed by atoms with Gasteiger partial charge in [0, 0.05) is 11.1 Å². The zero-order valence-electron chi connectivity index (χ0n) is 16.6. The number of thiophene rings is 4. The second-order valence-corrected chi connectivity index (χ2v) is 11.4. The summed E-state index contributed by atoms with van der Waals surface area (Å²) in [6.07, 6.45) is 0. The first kappa shape index (κ1) is 20.6. The molecule has 5 rings (SSSR count). The van der Waals surface area contributed by atoms with Gasteiger partial charge in [-0.05, 0) is 73.5 Å². The number of hydrogen-bond acceptors (Lipinski definition) is 7. The molecule has 0 amide bonds. The van der Waals surface area contributed by atoms with Gasteiger partial charge in [0.15, 0.2) is 0 Å². The lowest BCUT2D eigenvalue weighted by Crippen LogP contribution is -2.27. The van der Waals surface area contributed by atoms with Crippen LogP contribution in [0.1, 0.15) is 38.8 Å². The van der Waals surface area contributed by atoms with Crippen LogP contribution < -0.4 is 4.74 Å². The van der Waals surface area contributed by atoms with Gasteiger partial charge in [0.2, 0.25) is 0 Å². The Morgan fingerprint density at radius 1 is 0.793 bits per heavy atom. The van der Waals surface area contributed by atoms with Crippen molar-refractivity contribution >= 4 is 45.3 Å². The Morgan fingerprint density at radius 2 is 1.38 bits per heavy atom. The van der Waals surface area contributed by atoms with Crippen molar-refractivity contribution in [2.75, 3.05) is 0 Å². The Kier molecular flexibility index (Phi) is 5.38. The van der Waals surface area contributed by atoms with Crippen LogP contribution in [-0.2, 0) is 11.2 Å². The minimum Gasteiger partial charge on any atom is -0.506 e. The van der Waals surface area contributed by atoms with Crippen LogP contribution in [0.25, 0.3) is 19.5 Å². The van der Waals surface area contributed by atoms with E-state index < -0.39 is 5.60 Å². The molecule has 5 heterocycles. The smallest absolute Gasteiger partial charge is 0.140 e. The fourth-order valence-corrected chi connectivity index (χ4v) is 7.34. The molecular formula is C22H22O3S4. The van der Waals surface area contributed by atoms with E-state index in [0.717, 1.165) is 21.1 Å².